The summed E-state index contributed by atoms with van der Waals surface area (Å²) < 4.78 is 28.1. The van der Waals surface area contributed by atoms with Crippen molar-refractivity contribution in [3.63, 3.8) is 0 Å². The molecule has 7 nitrogen and oxygen atoms in total. The number of carbonyl (C=O) groups excluding carboxylic acids is 1. The van der Waals surface area contributed by atoms with Gasteiger partial charge in [0.25, 0.3) is 15.9 Å². The van der Waals surface area contributed by atoms with Gasteiger partial charge in [0.1, 0.15) is 0 Å². The normalized spacial score (nSPS) is 12.7. The predicted molar refractivity (Wildman–Crippen MR) is 144 cm³/mol. The third-order valence-electron chi connectivity index (χ3n) is 6.19. The second-order valence-corrected chi connectivity index (χ2v) is 10.4. The van der Waals surface area contributed by atoms with Crippen molar-refractivity contribution in [1.82, 2.24) is 0 Å². The zero-order valence-corrected chi connectivity index (χ0v) is 20.3. The summed E-state index contributed by atoms with van der Waals surface area (Å²) in [5.41, 5.74) is 10.9. The predicted octanol–water partition coefficient (Wildman–Crippen LogP) is 4.88. The fourth-order valence-corrected chi connectivity index (χ4v) is 5.84. The van der Waals surface area contributed by atoms with E-state index in [0.29, 0.717) is 42.1 Å². The molecule has 0 bridgehead atoms. The van der Waals surface area contributed by atoms with Crippen LogP contribution >= 0.6 is 0 Å². The molecule has 0 aromatic heterocycles. The molecule has 0 spiro atoms. The molecule has 4 aromatic rings. The zero-order chi connectivity index (χ0) is 25.1. The van der Waals surface area contributed by atoms with Crippen molar-refractivity contribution in [2.24, 2.45) is 0 Å². The molecule has 0 unspecified atom stereocenters. The molecule has 1 aliphatic rings. The van der Waals surface area contributed by atoms with Crippen molar-refractivity contribution in [1.29, 1.82) is 0 Å². The van der Waals surface area contributed by atoms with E-state index < -0.39 is 10.0 Å². The maximum Gasteiger partial charge on any atom is 0.264 e. The summed E-state index contributed by atoms with van der Waals surface area (Å²) in [5, 5.41) is 6.21. The number of benzene rings is 4. The second-order valence-electron chi connectivity index (χ2n) is 8.55. The summed E-state index contributed by atoms with van der Waals surface area (Å²) >= 11 is 0. The summed E-state index contributed by atoms with van der Waals surface area (Å²) in [6.07, 6.45) is 0.659. The fourth-order valence-electron chi connectivity index (χ4n) is 4.30. The van der Waals surface area contributed by atoms with Gasteiger partial charge in [0.2, 0.25) is 0 Å². The van der Waals surface area contributed by atoms with Crippen LogP contribution in [-0.4, -0.2) is 20.9 Å². The Balaban J connectivity index is 1.31. The Hall–Kier alpha value is -4.30. The van der Waals surface area contributed by atoms with Gasteiger partial charge in [0.05, 0.1) is 27.6 Å². The molecule has 4 aromatic carbocycles. The second kappa shape index (κ2) is 9.75. The van der Waals surface area contributed by atoms with E-state index in [0.717, 1.165) is 16.8 Å². The number of hydrogen-bond donors (Lipinski definition) is 3. The molecule has 4 N–H and O–H groups in total. The smallest absolute Gasteiger partial charge is 0.264 e. The van der Waals surface area contributed by atoms with E-state index in [1.807, 2.05) is 42.5 Å². The molecule has 36 heavy (non-hydrogen) atoms. The van der Waals surface area contributed by atoms with Crippen LogP contribution in [0.15, 0.2) is 102 Å². The van der Waals surface area contributed by atoms with Crippen molar-refractivity contribution >= 4 is 38.7 Å². The van der Waals surface area contributed by atoms with E-state index in [1.165, 1.54) is 4.31 Å². The maximum atomic E-state index is 13.3. The molecular formula is C28H26N4O3S. The molecule has 5 rings (SSSR count). The highest BCUT2D eigenvalue weighted by molar-refractivity contribution is 7.92. The van der Waals surface area contributed by atoms with Crippen LogP contribution in [-0.2, 0) is 23.0 Å². The summed E-state index contributed by atoms with van der Waals surface area (Å²) in [7, 11) is -3.66. The van der Waals surface area contributed by atoms with Crippen LogP contribution in [0.2, 0.25) is 0 Å². The third kappa shape index (κ3) is 4.63. The van der Waals surface area contributed by atoms with E-state index >= 15 is 0 Å². The molecule has 0 aliphatic carbocycles. The topological polar surface area (TPSA) is 105 Å². The van der Waals surface area contributed by atoms with Crippen LogP contribution in [0.5, 0.6) is 0 Å². The van der Waals surface area contributed by atoms with Gasteiger partial charge in [-0.2, -0.15) is 0 Å². The van der Waals surface area contributed by atoms with Crippen LogP contribution in [0.4, 0.5) is 22.7 Å². The van der Waals surface area contributed by atoms with Gasteiger partial charge < -0.3 is 16.4 Å². The lowest BCUT2D eigenvalue weighted by atomic mass is 10.1. The van der Waals surface area contributed by atoms with Crippen LogP contribution < -0.4 is 20.7 Å². The summed E-state index contributed by atoms with van der Waals surface area (Å²) in [4.78, 5) is 12.9. The highest BCUT2D eigenvalue weighted by Gasteiger charge is 2.32. The van der Waals surface area contributed by atoms with Gasteiger partial charge in [0.15, 0.2) is 0 Å². The molecule has 0 saturated heterocycles. The van der Waals surface area contributed by atoms with Crippen LogP contribution in [0.1, 0.15) is 21.5 Å². The molecule has 0 radical (unpaired) electrons. The lowest BCUT2D eigenvalue weighted by Crippen LogP contribution is -2.29. The third-order valence-corrected chi connectivity index (χ3v) is 8.01. The first-order valence-electron chi connectivity index (χ1n) is 11.6. The number of para-hydroxylation sites is 3. The Labute approximate surface area is 210 Å². The zero-order valence-electron chi connectivity index (χ0n) is 19.5. The number of amides is 1. The molecule has 8 heteroatoms. The number of rotatable bonds is 7. The van der Waals surface area contributed by atoms with Crippen molar-refractivity contribution in [2.45, 2.75) is 17.9 Å². The molecule has 0 saturated carbocycles. The first-order valence-corrected chi connectivity index (χ1v) is 13.1. The number of anilines is 4. The Kier molecular flexibility index (Phi) is 6.35. The van der Waals surface area contributed by atoms with E-state index in [4.69, 9.17) is 5.73 Å². The average molecular weight is 499 g/mol. The molecule has 1 aliphatic heterocycles. The van der Waals surface area contributed by atoms with Crippen molar-refractivity contribution in [3.8, 4) is 0 Å². The summed E-state index contributed by atoms with van der Waals surface area (Å²) in [5.74, 6) is -0.241. The number of nitrogens with zero attached hydrogens (tertiary/aromatic N) is 1. The van der Waals surface area contributed by atoms with Gasteiger partial charge in [-0.15, -0.1) is 0 Å². The first kappa shape index (κ1) is 23.4. The number of fused-ring (bicyclic) bond motifs is 1. The molecule has 182 valence electrons. The highest BCUT2D eigenvalue weighted by Crippen LogP contribution is 2.39. The van der Waals surface area contributed by atoms with E-state index in [2.05, 4.69) is 10.6 Å². The largest absolute Gasteiger partial charge is 0.397 e. The number of carbonyl (C=O) groups is 1. The number of nitrogens with two attached hydrogens (primary N) is 1. The lowest BCUT2D eigenvalue weighted by molar-refractivity contribution is 0.102. The van der Waals surface area contributed by atoms with Crippen molar-refractivity contribution in [2.75, 3.05) is 27.2 Å². The van der Waals surface area contributed by atoms with Crippen LogP contribution in [0.25, 0.3) is 0 Å². The Morgan fingerprint density at radius 2 is 1.53 bits per heavy atom. The Bertz CT molecular complexity index is 1500. The van der Waals surface area contributed by atoms with Gasteiger partial charge in [0, 0.05) is 18.7 Å². The SMILES string of the molecule is Nc1ccccc1NC(=O)c1ccc(CNc2cccc3c2N(S(=O)(=O)c2ccccc2)CC3)cc1. The molecule has 1 amide bonds. The molecule has 1 heterocycles. The van der Waals surface area contributed by atoms with E-state index in [1.54, 1.807) is 54.6 Å². The van der Waals surface area contributed by atoms with E-state index in [9.17, 15) is 13.2 Å². The van der Waals surface area contributed by atoms with Crippen molar-refractivity contribution < 1.29 is 13.2 Å². The van der Waals surface area contributed by atoms with Gasteiger partial charge in [-0.3, -0.25) is 9.10 Å². The fraction of sp³-hybridized carbons (Fsp3) is 0.107. The average Bonchev–Trinajstić information content (AvgIpc) is 3.35. The summed E-state index contributed by atoms with van der Waals surface area (Å²) in [6, 6.07) is 28.7. The van der Waals surface area contributed by atoms with Gasteiger partial charge in [-0.05, 0) is 60.0 Å². The molecule has 0 fully saturated rings. The van der Waals surface area contributed by atoms with Crippen molar-refractivity contribution in [3.05, 3.63) is 114 Å². The monoisotopic (exact) mass is 498 g/mol. The molecular weight excluding hydrogens is 472 g/mol. The van der Waals surface area contributed by atoms with Gasteiger partial charge >= 0.3 is 0 Å². The van der Waals surface area contributed by atoms with Crippen LogP contribution in [0, 0.1) is 0 Å². The minimum Gasteiger partial charge on any atom is -0.397 e. The highest BCUT2D eigenvalue weighted by atomic mass is 32.2. The Morgan fingerprint density at radius 1 is 0.833 bits per heavy atom. The minimum absolute atomic E-state index is 0.241. The van der Waals surface area contributed by atoms with Crippen LogP contribution in [0.3, 0.4) is 0 Å². The van der Waals surface area contributed by atoms with E-state index in [-0.39, 0.29) is 10.8 Å². The number of hydrogen-bond acceptors (Lipinski definition) is 5. The maximum absolute atomic E-state index is 13.3. The van der Waals surface area contributed by atoms with Gasteiger partial charge in [-0.1, -0.05) is 54.6 Å². The molecule has 0 atom stereocenters. The first-order chi connectivity index (χ1) is 17.4. The Morgan fingerprint density at radius 3 is 2.28 bits per heavy atom. The minimum atomic E-state index is -3.66. The summed E-state index contributed by atoms with van der Waals surface area (Å²) in [6.45, 7) is 0.879. The standard InChI is InChI=1S/C28H26N4O3S/c29-24-10-4-5-11-25(24)31-28(33)22-15-13-20(14-16-22)19-30-26-12-6-7-21-17-18-32(27(21)26)36(34,35)23-8-2-1-3-9-23/h1-16,30H,17-19,29H2,(H,31,33). The number of sulfonamides is 1. The van der Waals surface area contributed by atoms with Gasteiger partial charge in [-0.25, -0.2) is 8.42 Å². The quantitative estimate of drug-likeness (QED) is 0.315. The number of nitrogens with one attached hydrogen (secondary N) is 2. The lowest BCUT2D eigenvalue weighted by Gasteiger charge is -2.22. The number of nitrogen functional groups attached to an aromatic ring is 1.